The molecule has 0 aliphatic heterocycles. The highest BCUT2D eigenvalue weighted by atomic mass is 32.2. The van der Waals surface area contributed by atoms with Crippen molar-refractivity contribution in [3.05, 3.63) is 72.7 Å². The number of nitrogens with one attached hydrogen (secondary N) is 1. The largest absolute Gasteiger partial charge is 0.495 e. The number of furan rings is 1. The SMILES string of the molecule is CCN(c1ccccc1)S(=O)(=O)c1ccc(OC)c(NC(=O)CCc2ccco2)c1. The molecule has 2 aromatic carbocycles. The van der Waals surface area contributed by atoms with Crippen LogP contribution in [0.4, 0.5) is 11.4 Å². The van der Waals surface area contributed by atoms with Crippen LogP contribution in [0.3, 0.4) is 0 Å². The van der Waals surface area contributed by atoms with E-state index in [2.05, 4.69) is 5.32 Å². The van der Waals surface area contributed by atoms with Crippen LogP contribution in [0.1, 0.15) is 19.1 Å². The maximum absolute atomic E-state index is 13.2. The maximum Gasteiger partial charge on any atom is 0.264 e. The molecule has 7 nitrogen and oxygen atoms in total. The molecule has 0 spiro atoms. The molecule has 0 fully saturated rings. The Balaban J connectivity index is 1.84. The number of methoxy groups -OCH3 is 1. The predicted molar refractivity (Wildman–Crippen MR) is 115 cm³/mol. The van der Waals surface area contributed by atoms with Crippen LogP contribution in [0, 0.1) is 0 Å². The number of carbonyl (C=O) groups is 1. The van der Waals surface area contributed by atoms with E-state index in [0.29, 0.717) is 29.3 Å². The van der Waals surface area contributed by atoms with E-state index in [1.807, 2.05) is 6.07 Å². The van der Waals surface area contributed by atoms with Crippen LogP contribution < -0.4 is 14.4 Å². The first-order valence-electron chi connectivity index (χ1n) is 9.53. The second-order valence-electron chi connectivity index (χ2n) is 6.49. The van der Waals surface area contributed by atoms with Gasteiger partial charge < -0.3 is 14.5 Å². The third kappa shape index (κ3) is 4.83. The summed E-state index contributed by atoms with van der Waals surface area (Å²) in [5, 5.41) is 2.74. The first-order valence-corrected chi connectivity index (χ1v) is 11.0. The number of hydrogen-bond donors (Lipinski definition) is 1. The molecule has 158 valence electrons. The number of amides is 1. The molecule has 0 aliphatic rings. The highest BCUT2D eigenvalue weighted by molar-refractivity contribution is 7.92. The van der Waals surface area contributed by atoms with Crippen LogP contribution in [-0.2, 0) is 21.2 Å². The zero-order valence-corrected chi connectivity index (χ0v) is 17.7. The minimum Gasteiger partial charge on any atom is -0.495 e. The Bertz CT molecular complexity index is 1080. The van der Waals surface area contributed by atoms with Crippen LogP contribution in [0.5, 0.6) is 5.75 Å². The molecule has 0 radical (unpaired) electrons. The van der Waals surface area contributed by atoms with Crippen molar-refractivity contribution in [2.24, 2.45) is 0 Å². The third-order valence-electron chi connectivity index (χ3n) is 4.54. The maximum atomic E-state index is 13.2. The van der Waals surface area contributed by atoms with Gasteiger partial charge in [0.15, 0.2) is 0 Å². The fraction of sp³-hybridized carbons (Fsp3) is 0.227. The summed E-state index contributed by atoms with van der Waals surface area (Å²) in [5.74, 6) is 0.813. The number of para-hydroxylation sites is 1. The highest BCUT2D eigenvalue weighted by Gasteiger charge is 2.25. The van der Waals surface area contributed by atoms with Crippen LogP contribution in [0.2, 0.25) is 0 Å². The van der Waals surface area contributed by atoms with Gasteiger partial charge in [-0.05, 0) is 49.4 Å². The summed E-state index contributed by atoms with van der Waals surface area (Å²) in [6, 6.07) is 16.9. The normalized spacial score (nSPS) is 11.1. The van der Waals surface area contributed by atoms with Crippen molar-refractivity contribution in [3.8, 4) is 5.75 Å². The minimum absolute atomic E-state index is 0.0651. The summed E-state index contributed by atoms with van der Waals surface area (Å²) in [7, 11) is -2.36. The molecule has 0 unspecified atom stereocenters. The predicted octanol–water partition coefficient (Wildman–Crippen LogP) is 4.07. The van der Waals surface area contributed by atoms with Crippen molar-refractivity contribution < 1.29 is 22.4 Å². The Morgan fingerprint density at radius 1 is 1.10 bits per heavy atom. The molecule has 3 aromatic rings. The lowest BCUT2D eigenvalue weighted by Gasteiger charge is -2.23. The van der Waals surface area contributed by atoms with Crippen molar-refractivity contribution in [2.75, 3.05) is 23.3 Å². The van der Waals surface area contributed by atoms with E-state index in [1.54, 1.807) is 49.6 Å². The lowest BCUT2D eigenvalue weighted by atomic mass is 10.2. The molecule has 1 amide bonds. The van der Waals surface area contributed by atoms with Gasteiger partial charge in [-0.2, -0.15) is 0 Å². The summed E-state index contributed by atoms with van der Waals surface area (Å²) in [5.41, 5.74) is 0.868. The molecule has 1 aromatic heterocycles. The van der Waals surface area contributed by atoms with Crippen molar-refractivity contribution in [3.63, 3.8) is 0 Å². The van der Waals surface area contributed by atoms with Gasteiger partial charge >= 0.3 is 0 Å². The number of carbonyl (C=O) groups excluding carboxylic acids is 1. The van der Waals surface area contributed by atoms with E-state index in [9.17, 15) is 13.2 Å². The van der Waals surface area contributed by atoms with E-state index < -0.39 is 10.0 Å². The van der Waals surface area contributed by atoms with Crippen molar-refractivity contribution in [1.29, 1.82) is 0 Å². The van der Waals surface area contributed by atoms with Gasteiger partial charge in [0.2, 0.25) is 5.91 Å². The van der Waals surface area contributed by atoms with Crippen LogP contribution in [0.15, 0.2) is 76.2 Å². The number of aryl methyl sites for hydroxylation is 1. The highest BCUT2D eigenvalue weighted by Crippen LogP contribution is 2.31. The average molecular weight is 429 g/mol. The summed E-state index contributed by atoms with van der Waals surface area (Å²) >= 11 is 0. The molecule has 3 rings (SSSR count). The van der Waals surface area contributed by atoms with Gasteiger partial charge in [-0.1, -0.05) is 18.2 Å². The second-order valence-corrected chi connectivity index (χ2v) is 8.36. The zero-order valence-electron chi connectivity index (χ0n) is 16.9. The summed E-state index contributed by atoms with van der Waals surface area (Å²) in [4.78, 5) is 12.4. The van der Waals surface area contributed by atoms with Gasteiger partial charge in [0, 0.05) is 19.4 Å². The number of hydrogen-bond acceptors (Lipinski definition) is 5. The van der Waals surface area contributed by atoms with Crippen molar-refractivity contribution in [2.45, 2.75) is 24.7 Å². The lowest BCUT2D eigenvalue weighted by molar-refractivity contribution is -0.116. The Hall–Kier alpha value is -3.26. The molecule has 0 saturated heterocycles. The number of nitrogens with zero attached hydrogens (tertiary/aromatic N) is 1. The smallest absolute Gasteiger partial charge is 0.264 e. The summed E-state index contributed by atoms with van der Waals surface area (Å²) < 4.78 is 38.3. The van der Waals surface area contributed by atoms with E-state index in [1.165, 1.54) is 29.6 Å². The quantitative estimate of drug-likeness (QED) is 0.555. The van der Waals surface area contributed by atoms with Crippen LogP contribution >= 0.6 is 0 Å². The molecule has 0 bridgehead atoms. The molecule has 8 heteroatoms. The topological polar surface area (TPSA) is 88.9 Å². The van der Waals surface area contributed by atoms with E-state index in [0.717, 1.165) is 0 Å². The Morgan fingerprint density at radius 3 is 2.50 bits per heavy atom. The van der Waals surface area contributed by atoms with Crippen molar-refractivity contribution >= 4 is 27.3 Å². The molecule has 0 atom stereocenters. The van der Waals surface area contributed by atoms with Gasteiger partial charge in [-0.15, -0.1) is 0 Å². The standard InChI is InChI=1S/C22H24N2O5S/c1-3-24(17-8-5-4-6-9-17)30(26,27)19-12-13-21(28-2)20(16-19)23-22(25)14-11-18-10-7-15-29-18/h4-10,12-13,15-16H,3,11,14H2,1-2H3,(H,23,25). The van der Waals surface area contributed by atoms with Gasteiger partial charge in [0.1, 0.15) is 11.5 Å². The van der Waals surface area contributed by atoms with Gasteiger partial charge in [0.25, 0.3) is 10.0 Å². The Kier molecular flexibility index (Phi) is 6.79. The van der Waals surface area contributed by atoms with E-state index >= 15 is 0 Å². The fourth-order valence-electron chi connectivity index (χ4n) is 3.06. The average Bonchev–Trinajstić information content (AvgIpc) is 3.27. The minimum atomic E-state index is -3.82. The first kappa shape index (κ1) is 21.4. The van der Waals surface area contributed by atoms with E-state index in [4.69, 9.17) is 9.15 Å². The Labute approximate surface area is 176 Å². The molecular formula is C22H24N2O5S. The van der Waals surface area contributed by atoms with Gasteiger partial charge in [-0.3, -0.25) is 9.10 Å². The summed E-state index contributed by atoms with van der Waals surface area (Å²) in [6.45, 7) is 2.04. The Morgan fingerprint density at radius 2 is 1.87 bits per heavy atom. The number of rotatable bonds is 9. The fourth-order valence-corrected chi connectivity index (χ4v) is 4.56. The monoisotopic (exact) mass is 428 g/mol. The first-order chi connectivity index (χ1) is 14.5. The van der Waals surface area contributed by atoms with Gasteiger partial charge in [-0.25, -0.2) is 8.42 Å². The molecule has 0 aliphatic carbocycles. The number of benzene rings is 2. The van der Waals surface area contributed by atoms with Gasteiger partial charge in [0.05, 0.1) is 29.6 Å². The lowest BCUT2D eigenvalue weighted by Crippen LogP contribution is -2.30. The number of anilines is 2. The number of sulfonamides is 1. The summed E-state index contributed by atoms with van der Waals surface area (Å²) in [6.07, 6.45) is 2.19. The molecule has 0 saturated carbocycles. The molecule has 1 N–H and O–H groups in total. The molecule has 1 heterocycles. The van der Waals surface area contributed by atoms with Crippen LogP contribution in [-0.4, -0.2) is 28.0 Å². The zero-order chi connectivity index (χ0) is 21.6. The van der Waals surface area contributed by atoms with E-state index in [-0.39, 0.29) is 23.8 Å². The van der Waals surface area contributed by atoms with Crippen LogP contribution in [0.25, 0.3) is 0 Å². The molecular weight excluding hydrogens is 404 g/mol. The van der Waals surface area contributed by atoms with Crippen molar-refractivity contribution in [1.82, 2.24) is 0 Å². The number of ether oxygens (including phenoxy) is 1. The molecule has 30 heavy (non-hydrogen) atoms. The third-order valence-corrected chi connectivity index (χ3v) is 6.44. The second kappa shape index (κ2) is 9.49.